The summed E-state index contributed by atoms with van der Waals surface area (Å²) in [6.07, 6.45) is 6.68. The number of methoxy groups -OCH3 is 1. The molecule has 2 heterocycles. The summed E-state index contributed by atoms with van der Waals surface area (Å²) in [4.78, 5) is 7.29. The van der Waals surface area contributed by atoms with Gasteiger partial charge < -0.3 is 10.1 Å². The summed E-state index contributed by atoms with van der Waals surface area (Å²) in [7, 11) is 3.76. The monoisotopic (exact) mass is 291 g/mol. The van der Waals surface area contributed by atoms with Gasteiger partial charge in [0.05, 0.1) is 13.2 Å². The lowest BCUT2D eigenvalue weighted by Crippen LogP contribution is -2.54. The lowest BCUT2D eigenvalue weighted by Gasteiger charge is -2.46. The molecule has 2 rings (SSSR count). The highest BCUT2D eigenvalue weighted by Crippen LogP contribution is 2.41. The standard InChI is InChI=1S/C17H29N3O/c1-5-17(6-2,20-12-7-8-13-20)16(18-3)15-14(21-4)10-9-11-19-15/h9-11,16,18H,5-8,12-13H2,1-4H3. The molecule has 1 aliphatic heterocycles. The Morgan fingerprint density at radius 3 is 2.52 bits per heavy atom. The zero-order valence-electron chi connectivity index (χ0n) is 13.9. The third kappa shape index (κ3) is 2.92. The summed E-state index contributed by atoms with van der Waals surface area (Å²) in [5.74, 6) is 0.877. The number of nitrogens with one attached hydrogen (secondary N) is 1. The average Bonchev–Trinajstić information content (AvgIpc) is 3.07. The van der Waals surface area contributed by atoms with Gasteiger partial charge in [-0.15, -0.1) is 0 Å². The number of nitrogens with zero attached hydrogens (tertiary/aromatic N) is 2. The summed E-state index contributed by atoms with van der Waals surface area (Å²) in [6.45, 7) is 6.97. The second kappa shape index (κ2) is 7.23. The van der Waals surface area contributed by atoms with Gasteiger partial charge in [-0.3, -0.25) is 9.88 Å². The van der Waals surface area contributed by atoms with Crippen molar-refractivity contribution >= 4 is 0 Å². The molecule has 4 heteroatoms. The zero-order chi connectivity index (χ0) is 15.3. The Labute approximate surface area is 128 Å². The van der Waals surface area contributed by atoms with Gasteiger partial charge in [-0.2, -0.15) is 0 Å². The first-order valence-electron chi connectivity index (χ1n) is 8.14. The van der Waals surface area contributed by atoms with Gasteiger partial charge in [-0.1, -0.05) is 13.8 Å². The van der Waals surface area contributed by atoms with Gasteiger partial charge >= 0.3 is 0 Å². The molecule has 0 bridgehead atoms. The van der Waals surface area contributed by atoms with Crippen LogP contribution < -0.4 is 10.1 Å². The Bertz CT molecular complexity index is 439. The van der Waals surface area contributed by atoms with E-state index in [1.165, 1.54) is 25.9 Å². The van der Waals surface area contributed by atoms with Crippen LogP contribution in [0.2, 0.25) is 0 Å². The molecular weight excluding hydrogens is 262 g/mol. The predicted molar refractivity (Wildman–Crippen MR) is 86.7 cm³/mol. The van der Waals surface area contributed by atoms with Crippen LogP contribution in [0.15, 0.2) is 18.3 Å². The number of aromatic nitrogens is 1. The van der Waals surface area contributed by atoms with Crippen molar-refractivity contribution in [3.05, 3.63) is 24.0 Å². The fourth-order valence-corrected chi connectivity index (χ4v) is 3.90. The smallest absolute Gasteiger partial charge is 0.142 e. The van der Waals surface area contributed by atoms with Crippen LogP contribution in [0.3, 0.4) is 0 Å². The molecule has 0 radical (unpaired) electrons. The molecule has 1 unspecified atom stereocenters. The van der Waals surface area contributed by atoms with E-state index in [0.717, 1.165) is 24.3 Å². The van der Waals surface area contributed by atoms with Crippen molar-refractivity contribution in [2.75, 3.05) is 27.2 Å². The Morgan fingerprint density at radius 2 is 2.00 bits per heavy atom. The summed E-state index contributed by atoms with van der Waals surface area (Å²) < 4.78 is 5.55. The number of likely N-dealkylation sites (tertiary alicyclic amines) is 1. The van der Waals surface area contributed by atoms with E-state index in [4.69, 9.17) is 4.74 Å². The van der Waals surface area contributed by atoms with Crippen LogP contribution in [-0.4, -0.2) is 42.7 Å². The second-order valence-corrected chi connectivity index (χ2v) is 5.82. The third-order valence-corrected chi connectivity index (χ3v) is 5.08. The van der Waals surface area contributed by atoms with Crippen molar-refractivity contribution in [1.29, 1.82) is 0 Å². The van der Waals surface area contributed by atoms with Crippen molar-refractivity contribution in [3.8, 4) is 5.75 Å². The number of rotatable bonds is 7. The minimum absolute atomic E-state index is 0.104. The van der Waals surface area contributed by atoms with Gasteiger partial charge in [-0.25, -0.2) is 0 Å². The normalized spacial score (nSPS) is 17.9. The maximum absolute atomic E-state index is 5.55. The van der Waals surface area contributed by atoms with Crippen molar-refractivity contribution in [2.24, 2.45) is 0 Å². The number of pyridine rings is 1. The van der Waals surface area contributed by atoms with E-state index in [0.29, 0.717) is 0 Å². The first-order chi connectivity index (χ1) is 10.2. The Balaban J connectivity index is 2.44. The quantitative estimate of drug-likeness (QED) is 0.838. The molecule has 118 valence electrons. The molecular formula is C17H29N3O. The molecule has 1 N–H and O–H groups in total. The van der Waals surface area contributed by atoms with Crippen LogP contribution in [0.25, 0.3) is 0 Å². The Morgan fingerprint density at radius 1 is 1.33 bits per heavy atom. The number of ether oxygens (including phenoxy) is 1. The van der Waals surface area contributed by atoms with Crippen LogP contribution in [0.5, 0.6) is 5.75 Å². The molecule has 0 spiro atoms. The average molecular weight is 291 g/mol. The number of likely N-dealkylation sites (N-methyl/N-ethyl adjacent to an activating group) is 1. The molecule has 1 atom stereocenters. The molecule has 0 saturated carbocycles. The lowest BCUT2D eigenvalue weighted by atomic mass is 9.80. The first kappa shape index (κ1) is 16.2. The molecule has 4 nitrogen and oxygen atoms in total. The fourth-order valence-electron chi connectivity index (χ4n) is 3.90. The minimum atomic E-state index is 0.104. The SMILES string of the molecule is CCC(CC)(C(NC)c1ncccc1OC)N1CCCC1. The van der Waals surface area contributed by atoms with Crippen molar-refractivity contribution < 1.29 is 4.74 Å². The highest BCUT2D eigenvalue weighted by molar-refractivity contribution is 5.32. The van der Waals surface area contributed by atoms with Gasteiger partial charge in [0.1, 0.15) is 11.4 Å². The maximum Gasteiger partial charge on any atom is 0.142 e. The summed E-state index contributed by atoms with van der Waals surface area (Å²) in [5, 5.41) is 3.53. The molecule has 21 heavy (non-hydrogen) atoms. The molecule has 1 aliphatic rings. The van der Waals surface area contributed by atoms with Crippen LogP contribution >= 0.6 is 0 Å². The van der Waals surface area contributed by atoms with Crippen LogP contribution in [0, 0.1) is 0 Å². The van der Waals surface area contributed by atoms with E-state index < -0.39 is 0 Å². The first-order valence-corrected chi connectivity index (χ1v) is 8.14. The highest BCUT2D eigenvalue weighted by atomic mass is 16.5. The molecule has 1 fully saturated rings. The fraction of sp³-hybridized carbons (Fsp3) is 0.706. The number of hydrogen-bond acceptors (Lipinski definition) is 4. The summed E-state index contributed by atoms with van der Waals surface area (Å²) >= 11 is 0. The molecule has 1 saturated heterocycles. The minimum Gasteiger partial charge on any atom is -0.495 e. The van der Waals surface area contributed by atoms with E-state index in [1.54, 1.807) is 7.11 Å². The van der Waals surface area contributed by atoms with Crippen LogP contribution in [-0.2, 0) is 0 Å². The van der Waals surface area contributed by atoms with Gasteiger partial charge in [0.2, 0.25) is 0 Å². The van der Waals surface area contributed by atoms with Gasteiger partial charge in [0, 0.05) is 11.7 Å². The molecule has 0 aliphatic carbocycles. The third-order valence-electron chi connectivity index (χ3n) is 5.08. The Hall–Kier alpha value is -1.13. The van der Waals surface area contributed by atoms with Crippen molar-refractivity contribution in [2.45, 2.75) is 51.1 Å². The van der Waals surface area contributed by atoms with E-state index in [-0.39, 0.29) is 11.6 Å². The predicted octanol–water partition coefficient (Wildman–Crippen LogP) is 3.01. The van der Waals surface area contributed by atoms with Crippen molar-refractivity contribution in [1.82, 2.24) is 15.2 Å². The summed E-state index contributed by atoms with van der Waals surface area (Å²) in [5.41, 5.74) is 1.13. The van der Waals surface area contributed by atoms with Gasteiger partial charge in [0.25, 0.3) is 0 Å². The Kier molecular flexibility index (Phi) is 5.59. The molecule has 1 aromatic heterocycles. The topological polar surface area (TPSA) is 37.4 Å². The van der Waals surface area contributed by atoms with Crippen molar-refractivity contribution in [3.63, 3.8) is 0 Å². The van der Waals surface area contributed by atoms with Crippen LogP contribution in [0.4, 0.5) is 0 Å². The molecule has 1 aromatic rings. The van der Waals surface area contributed by atoms with Gasteiger partial charge in [0.15, 0.2) is 0 Å². The molecule has 0 aromatic carbocycles. The van der Waals surface area contributed by atoms with Gasteiger partial charge in [-0.05, 0) is 58.0 Å². The van der Waals surface area contributed by atoms with Crippen LogP contribution in [0.1, 0.15) is 51.3 Å². The lowest BCUT2D eigenvalue weighted by molar-refractivity contribution is 0.0620. The maximum atomic E-state index is 5.55. The van der Waals surface area contributed by atoms with E-state index in [1.807, 2.05) is 25.4 Å². The number of hydrogen-bond donors (Lipinski definition) is 1. The summed E-state index contributed by atoms with van der Waals surface area (Å²) in [6, 6.07) is 4.12. The van der Waals surface area contributed by atoms with E-state index >= 15 is 0 Å². The largest absolute Gasteiger partial charge is 0.495 e. The second-order valence-electron chi connectivity index (χ2n) is 5.82. The van der Waals surface area contributed by atoms with E-state index in [2.05, 4.69) is 29.0 Å². The highest BCUT2D eigenvalue weighted by Gasteiger charge is 2.43. The zero-order valence-corrected chi connectivity index (χ0v) is 13.9. The van der Waals surface area contributed by atoms with E-state index in [9.17, 15) is 0 Å². The molecule has 0 amide bonds.